The van der Waals surface area contributed by atoms with Gasteiger partial charge in [0.1, 0.15) is 5.76 Å². The van der Waals surface area contributed by atoms with Gasteiger partial charge in [-0.25, -0.2) is 9.78 Å². The molecule has 0 bridgehead atoms. The van der Waals surface area contributed by atoms with Gasteiger partial charge in [0.05, 0.1) is 30.1 Å². The smallest absolute Gasteiger partial charge is 0.317 e. The molecule has 3 rings (SSSR count). The van der Waals surface area contributed by atoms with Crippen molar-refractivity contribution in [3.8, 4) is 0 Å². The SMILES string of the molecule is Cc1nc(CNC(=O)N2CCN(Cc3ccco3)CC2)cs1. The Hall–Kier alpha value is -1.86. The molecule has 0 aliphatic carbocycles. The molecule has 1 N–H and O–H groups in total. The van der Waals surface area contributed by atoms with Crippen LogP contribution in [0.4, 0.5) is 4.79 Å². The number of rotatable bonds is 4. The zero-order valence-electron chi connectivity index (χ0n) is 12.6. The van der Waals surface area contributed by atoms with Crippen LogP contribution in [0.5, 0.6) is 0 Å². The molecule has 0 spiro atoms. The van der Waals surface area contributed by atoms with Crippen LogP contribution in [0.1, 0.15) is 16.5 Å². The van der Waals surface area contributed by atoms with Crippen LogP contribution < -0.4 is 5.32 Å². The maximum Gasteiger partial charge on any atom is 0.317 e. The zero-order valence-corrected chi connectivity index (χ0v) is 13.4. The minimum atomic E-state index is -0.0108. The van der Waals surface area contributed by atoms with Gasteiger partial charge >= 0.3 is 6.03 Å². The first-order chi connectivity index (χ1) is 10.7. The standard InChI is InChI=1S/C15H20N4O2S/c1-12-17-13(11-22-12)9-16-15(20)19-6-4-18(5-7-19)10-14-3-2-8-21-14/h2-3,8,11H,4-7,9-10H2,1H3,(H,16,20). The Kier molecular flexibility index (Phi) is 4.74. The second kappa shape index (κ2) is 6.93. The third-order valence-electron chi connectivity index (χ3n) is 3.71. The Balaban J connectivity index is 1.41. The van der Waals surface area contributed by atoms with E-state index in [1.807, 2.05) is 29.3 Å². The van der Waals surface area contributed by atoms with E-state index >= 15 is 0 Å². The lowest BCUT2D eigenvalue weighted by molar-refractivity contribution is 0.130. The largest absolute Gasteiger partial charge is 0.468 e. The lowest BCUT2D eigenvalue weighted by Crippen LogP contribution is -2.51. The maximum absolute atomic E-state index is 12.2. The monoisotopic (exact) mass is 320 g/mol. The summed E-state index contributed by atoms with van der Waals surface area (Å²) in [5, 5.41) is 5.94. The Morgan fingerprint density at radius 3 is 2.86 bits per heavy atom. The van der Waals surface area contributed by atoms with Gasteiger partial charge in [0.15, 0.2) is 0 Å². The van der Waals surface area contributed by atoms with Crippen LogP contribution in [0.2, 0.25) is 0 Å². The quantitative estimate of drug-likeness (QED) is 0.937. The van der Waals surface area contributed by atoms with Gasteiger partial charge in [0.2, 0.25) is 0 Å². The molecule has 1 aliphatic heterocycles. The second-order valence-electron chi connectivity index (χ2n) is 5.36. The lowest BCUT2D eigenvalue weighted by atomic mass is 10.3. The molecule has 0 unspecified atom stereocenters. The predicted octanol–water partition coefficient (Wildman–Crippen LogP) is 2.07. The number of urea groups is 1. The van der Waals surface area contributed by atoms with Gasteiger partial charge in [0.25, 0.3) is 0 Å². The molecule has 2 amide bonds. The topological polar surface area (TPSA) is 61.6 Å². The van der Waals surface area contributed by atoms with Crippen LogP contribution in [0.3, 0.4) is 0 Å². The third-order valence-corrected chi connectivity index (χ3v) is 4.53. The molecular weight excluding hydrogens is 300 g/mol. The van der Waals surface area contributed by atoms with E-state index in [2.05, 4.69) is 15.2 Å². The van der Waals surface area contributed by atoms with Gasteiger partial charge in [-0.15, -0.1) is 11.3 Å². The number of nitrogens with zero attached hydrogens (tertiary/aromatic N) is 3. The number of carbonyl (C=O) groups excluding carboxylic acids is 1. The average Bonchev–Trinajstić information content (AvgIpc) is 3.17. The fraction of sp³-hybridized carbons (Fsp3) is 0.467. The summed E-state index contributed by atoms with van der Waals surface area (Å²) in [6, 6.07) is 3.87. The third kappa shape index (κ3) is 3.86. The molecule has 118 valence electrons. The van der Waals surface area contributed by atoms with Crippen LogP contribution >= 0.6 is 11.3 Å². The van der Waals surface area contributed by atoms with E-state index in [4.69, 9.17) is 4.42 Å². The van der Waals surface area contributed by atoms with Crippen molar-refractivity contribution in [2.75, 3.05) is 26.2 Å². The minimum Gasteiger partial charge on any atom is -0.468 e. The Morgan fingerprint density at radius 2 is 2.23 bits per heavy atom. The number of furan rings is 1. The van der Waals surface area contributed by atoms with Crippen LogP contribution in [0.25, 0.3) is 0 Å². The summed E-state index contributed by atoms with van der Waals surface area (Å²) >= 11 is 1.60. The molecule has 0 radical (unpaired) electrons. The number of hydrogen-bond acceptors (Lipinski definition) is 5. The summed E-state index contributed by atoms with van der Waals surface area (Å²) in [7, 11) is 0. The number of aryl methyl sites for hydroxylation is 1. The highest BCUT2D eigenvalue weighted by molar-refractivity contribution is 7.09. The van der Waals surface area contributed by atoms with Gasteiger partial charge in [-0.1, -0.05) is 0 Å². The number of hydrogen-bond donors (Lipinski definition) is 1. The number of carbonyl (C=O) groups is 1. The van der Waals surface area contributed by atoms with Crippen molar-refractivity contribution in [3.63, 3.8) is 0 Å². The van der Waals surface area contributed by atoms with E-state index in [-0.39, 0.29) is 6.03 Å². The summed E-state index contributed by atoms with van der Waals surface area (Å²) in [6.07, 6.45) is 1.69. The van der Waals surface area contributed by atoms with Crippen LogP contribution in [-0.4, -0.2) is 47.0 Å². The van der Waals surface area contributed by atoms with Gasteiger partial charge in [0, 0.05) is 31.6 Å². The molecule has 3 heterocycles. The van der Waals surface area contributed by atoms with E-state index in [1.54, 1.807) is 17.6 Å². The minimum absolute atomic E-state index is 0.0108. The Morgan fingerprint density at radius 1 is 1.41 bits per heavy atom. The van der Waals surface area contributed by atoms with Crippen LogP contribution in [-0.2, 0) is 13.1 Å². The summed E-state index contributed by atoms with van der Waals surface area (Å²) in [5.74, 6) is 0.969. The lowest BCUT2D eigenvalue weighted by Gasteiger charge is -2.34. The van der Waals surface area contributed by atoms with E-state index in [1.165, 1.54) is 0 Å². The van der Waals surface area contributed by atoms with Crippen molar-refractivity contribution in [3.05, 3.63) is 40.2 Å². The molecule has 0 atom stereocenters. The molecule has 22 heavy (non-hydrogen) atoms. The van der Waals surface area contributed by atoms with Crippen LogP contribution in [0, 0.1) is 6.92 Å². The van der Waals surface area contributed by atoms with Crippen molar-refractivity contribution in [1.82, 2.24) is 20.1 Å². The average molecular weight is 320 g/mol. The normalized spacial score (nSPS) is 16.0. The molecule has 2 aromatic heterocycles. The molecular formula is C15H20N4O2S. The molecule has 1 fully saturated rings. The summed E-state index contributed by atoms with van der Waals surface area (Å²) in [5.41, 5.74) is 0.923. The highest BCUT2D eigenvalue weighted by atomic mass is 32.1. The van der Waals surface area contributed by atoms with Gasteiger partial charge in [-0.05, 0) is 19.1 Å². The van der Waals surface area contributed by atoms with E-state index in [9.17, 15) is 4.79 Å². The zero-order chi connectivity index (χ0) is 15.4. The van der Waals surface area contributed by atoms with E-state index in [0.29, 0.717) is 6.54 Å². The first-order valence-electron chi connectivity index (χ1n) is 7.39. The number of thiazole rings is 1. The fourth-order valence-corrected chi connectivity index (χ4v) is 3.11. The van der Waals surface area contributed by atoms with Crippen molar-refractivity contribution in [2.24, 2.45) is 0 Å². The molecule has 2 aromatic rings. The summed E-state index contributed by atoms with van der Waals surface area (Å²) < 4.78 is 5.36. The molecule has 0 saturated carbocycles. The van der Waals surface area contributed by atoms with E-state index < -0.39 is 0 Å². The highest BCUT2D eigenvalue weighted by Gasteiger charge is 2.21. The van der Waals surface area contributed by atoms with Gasteiger partial charge in [-0.2, -0.15) is 0 Å². The Labute approximate surface area is 133 Å². The first-order valence-corrected chi connectivity index (χ1v) is 8.27. The summed E-state index contributed by atoms with van der Waals surface area (Å²) in [6.45, 7) is 6.48. The molecule has 1 saturated heterocycles. The first kappa shape index (κ1) is 15.1. The summed E-state index contributed by atoms with van der Waals surface area (Å²) in [4.78, 5) is 20.7. The number of nitrogens with one attached hydrogen (secondary N) is 1. The predicted molar refractivity (Wildman–Crippen MR) is 84.6 cm³/mol. The van der Waals surface area contributed by atoms with Gasteiger partial charge in [-0.3, -0.25) is 4.90 Å². The molecule has 0 aromatic carbocycles. The highest BCUT2D eigenvalue weighted by Crippen LogP contribution is 2.10. The number of aromatic nitrogens is 1. The van der Waals surface area contributed by atoms with Crippen molar-refractivity contribution in [2.45, 2.75) is 20.0 Å². The number of piperazine rings is 1. The molecule has 6 nitrogen and oxygen atoms in total. The molecule has 1 aliphatic rings. The number of amides is 2. The van der Waals surface area contributed by atoms with Crippen LogP contribution in [0.15, 0.2) is 28.2 Å². The fourth-order valence-electron chi connectivity index (χ4n) is 2.50. The van der Waals surface area contributed by atoms with E-state index in [0.717, 1.165) is 49.2 Å². The van der Waals surface area contributed by atoms with Gasteiger partial charge < -0.3 is 14.6 Å². The van der Waals surface area contributed by atoms with Crippen molar-refractivity contribution >= 4 is 17.4 Å². The molecule has 7 heteroatoms. The second-order valence-corrected chi connectivity index (χ2v) is 6.42. The van der Waals surface area contributed by atoms with Crippen molar-refractivity contribution < 1.29 is 9.21 Å². The Bertz CT molecular complexity index is 603. The van der Waals surface area contributed by atoms with Crippen molar-refractivity contribution in [1.29, 1.82) is 0 Å². The maximum atomic E-state index is 12.2.